The first-order chi connectivity index (χ1) is 11.6. The summed E-state index contributed by atoms with van der Waals surface area (Å²) in [6, 6.07) is 12.2. The van der Waals surface area contributed by atoms with E-state index in [0.717, 1.165) is 11.1 Å². The molecule has 24 heavy (non-hydrogen) atoms. The molecular weight excluding hydrogens is 308 g/mol. The SMILES string of the molecule is COC(=O)[C@@H](Cc1ccccc1)NC(=O)c1cc2occc2n1C. The van der Waals surface area contributed by atoms with Crippen molar-refractivity contribution in [3.63, 3.8) is 0 Å². The molecule has 124 valence electrons. The summed E-state index contributed by atoms with van der Waals surface area (Å²) >= 11 is 0. The second-order valence-corrected chi connectivity index (χ2v) is 5.50. The number of benzene rings is 1. The van der Waals surface area contributed by atoms with Crippen LogP contribution in [0, 0.1) is 0 Å². The van der Waals surface area contributed by atoms with E-state index in [1.165, 1.54) is 7.11 Å². The highest BCUT2D eigenvalue weighted by atomic mass is 16.5. The molecule has 0 saturated heterocycles. The molecule has 1 N–H and O–H groups in total. The van der Waals surface area contributed by atoms with Crippen LogP contribution in [0.3, 0.4) is 0 Å². The van der Waals surface area contributed by atoms with Crippen molar-refractivity contribution in [1.82, 2.24) is 9.88 Å². The van der Waals surface area contributed by atoms with Crippen LogP contribution in [-0.4, -0.2) is 29.6 Å². The van der Waals surface area contributed by atoms with Crippen LogP contribution in [0.25, 0.3) is 11.1 Å². The number of furan rings is 1. The maximum Gasteiger partial charge on any atom is 0.328 e. The zero-order valence-corrected chi connectivity index (χ0v) is 13.5. The quantitative estimate of drug-likeness (QED) is 0.730. The van der Waals surface area contributed by atoms with Crippen molar-refractivity contribution < 1.29 is 18.7 Å². The van der Waals surface area contributed by atoms with E-state index in [2.05, 4.69) is 5.32 Å². The first-order valence-electron chi connectivity index (χ1n) is 7.55. The van der Waals surface area contributed by atoms with Gasteiger partial charge in [0.05, 0.1) is 18.9 Å². The molecule has 3 aromatic rings. The van der Waals surface area contributed by atoms with E-state index >= 15 is 0 Å². The minimum atomic E-state index is -0.758. The van der Waals surface area contributed by atoms with Gasteiger partial charge in [-0.2, -0.15) is 0 Å². The summed E-state index contributed by atoms with van der Waals surface area (Å²) in [7, 11) is 3.08. The highest BCUT2D eigenvalue weighted by molar-refractivity contribution is 5.99. The van der Waals surface area contributed by atoms with Gasteiger partial charge < -0.3 is 19.0 Å². The molecule has 2 heterocycles. The Morgan fingerprint density at radius 1 is 1.25 bits per heavy atom. The highest BCUT2D eigenvalue weighted by Crippen LogP contribution is 2.19. The molecule has 1 aromatic carbocycles. The number of aryl methyl sites for hydroxylation is 1. The fourth-order valence-corrected chi connectivity index (χ4v) is 2.69. The largest absolute Gasteiger partial charge is 0.467 e. The molecule has 1 atom stereocenters. The number of ether oxygens (including phenoxy) is 1. The third-order valence-corrected chi connectivity index (χ3v) is 3.97. The molecule has 0 aliphatic heterocycles. The van der Waals surface area contributed by atoms with Crippen LogP contribution < -0.4 is 5.32 Å². The zero-order valence-electron chi connectivity index (χ0n) is 13.5. The van der Waals surface area contributed by atoms with Crippen molar-refractivity contribution in [2.24, 2.45) is 7.05 Å². The lowest BCUT2D eigenvalue weighted by Gasteiger charge is -2.17. The average molecular weight is 326 g/mol. The number of fused-ring (bicyclic) bond motifs is 1. The molecule has 6 heteroatoms. The van der Waals surface area contributed by atoms with Gasteiger partial charge in [-0.15, -0.1) is 0 Å². The monoisotopic (exact) mass is 326 g/mol. The minimum Gasteiger partial charge on any atom is -0.467 e. The van der Waals surface area contributed by atoms with E-state index in [9.17, 15) is 9.59 Å². The number of carbonyl (C=O) groups excluding carboxylic acids is 2. The van der Waals surface area contributed by atoms with E-state index in [0.29, 0.717) is 17.7 Å². The summed E-state index contributed by atoms with van der Waals surface area (Å²) in [5, 5.41) is 2.75. The summed E-state index contributed by atoms with van der Waals surface area (Å²) in [6.07, 6.45) is 1.93. The van der Waals surface area contributed by atoms with Crippen LogP contribution in [0.15, 0.2) is 53.1 Å². The Balaban J connectivity index is 1.81. The number of nitrogens with zero attached hydrogens (tertiary/aromatic N) is 1. The summed E-state index contributed by atoms with van der Waals surface area (Å²) in [5.74, 6) is -0.833. The van der Waals surface area contributed by atoms with Gasteiger partial charge in [0.15, 0.2) is 5.58 Å². The average Bonchev–Trinajstić information content (AvgIpc) is 3.17. The van der Waals surface area contributed by atoms with E-state index < -0.39 is 12.0 Å². The topological polar surface area (TPSA) is 73.5 Å². The number of aromatic nitrogens is 1. The van der Waals surface area contributed by atoms with Gasteiger partial charge in [-0.05, 0) is 5.56 Å². The lowest BCUT2D eigenvalue weighted by atomic mass is 10.1. The summed E-state index contributed by atoms with van der Waals surface area (Å²) in [5.41, 5.74) is 2.80. The maximum atomic E-state index is 12.6. The normalized spacial score (nSPS) is 12.1. The van der Waals surface area contributed by atoms with E-state index in [1.54, 1.807) is 30.0 Å². The Labute approximate surface area is 139 Å². The molecule has 1 amide bonds. The molecule has 0 aliphatic rings. The lowest BCUT2D eigenvalue weighted by Crippen LogP contribution is -2.43. The third kappa shape index (κ3) is 3.03. The van der Waals surface area contributed by atoms with Crippen molar-refractivity contribution in [3.8, 4) is 0 Å². The van der Waals surface area contributed by atoms with Crippen LogP contribution in [0.5, 0.6) is 0 Å². The first kappa shape index (κ1) is 15.9. The number of carbonyl (C=O) groups is 2. The fraction of sp³-hybridized carbons (Fsp3) is 0.222. The number of hydrogen-bond donors (Lipinski definition) is 1. The second-order valence-electron chi connectivity index (χ2n) is 5.50. The molecule has 0 spiro atoms. The van der Waals surface area contributed by atoms with Crippen LogP contribution in [0.2, 0.25) is 0 Å². The summed E-state index contributed by atoms with van der Waals surface area (Å²) < 4.78 is 11.9. The molecular formula is C18H18N2O4. The van der Waals surface area contributed by atoms with Gasteiger partial charge >= 0.3 is 5.97 Å². The van der Waals surface area contributed by atoms with E-state index in [4.69, 9.17) is 9.15 Å². The first-order valence-corrected chi connectivity index (χ1v) is 7.55. The Morgan fingerprint density at radius 3 is 2.67 bits per heavy atom. The summed E-state index contributed by atoms with van der Waals surface area (Å²) in [6.45, 7) is 0. The van der Waals surface area contributed by atoms with Crippen molar-refractivity contribution in [1.29, 1.82) is 0 Å². The Morgan fingerprint density at radius 2 is 2.00 bits per heavy atom. The lowest BCUT2D eigenvalue weighted by molar-refractivity contribution is -0.142. The molecule has 0 radical (unpaired) electrons. The van der Waals surface area contributed by atoms with Gasteiger partial charge in [0.2, 0.25) is 0 Å². The second kappa shape index (κ2) is 6.62. The minimum absolute atomic E-state index is 0.352. The van der Waals surface area contributed by atoms with Crippen LogP contribution >= 0.6 is 0 Å². The summed E-state index contributed by atoms with van der Waals surface area (Å²) in [4.78, 5) is 24.6. The van der Waals surface area contributed by atoms with Gasteiger partial charge in [-0.25, -0.2) is 4.79 Å². The number of nitrogens with one attached hydrogen (secondary N) is 1. The van der Waals surface area contributed by atoms with Crippen LogP contribution in [-0.2, 0) is 23.0 Å². The number of hydrogen-bond acceptors (Lipinski definition) is 4. The van der Waals surface area contributed by atoms with Crippen LogP contribution in [0.1, 0.15) is 16.1 Å². The molecule has 0 fully saturated rings. The smallest absolute Gasteiger partial charge is 0.328 e. The maximum absolute atomic E-state index is 12.6. The predicted octanol–water partition coefficient (Wildman–Crippen LogP) is 2.29. The van der Waals surface area contributed by atoms with E-state index in [-0.39, 0.29) is 5.91 Å². The Bertz CT molecular complexity index is 864. The molecule has 0 bridgehead atoms. The number of rotatable bonds is 5. The number of amides is 1. The van der Waals surface area contributed by atoms with E-state index in [1.807, 2.05) is 30.3 Å². The highest BCUT2D eigenvalue weighted by Gasteiger charge is 2.24. The van der Waals surface area contributed by atoms with Crippen LogP contribution in [0.4, 0.5) is 0 Å². The standard InChI is InChI=1S/C18H18N2O4/c1-20-14-8-9-24-16(14)11-15(20)17(21)19-13(18(22)23-2)10-12-6-4-3-5-7-12/h3-9,11,13H,10H2,1-2H3,(H,19,21)/t13-/m1/s1. The van der Waals surface area contributed by atoms with Crippen molar-refractivity contribution >= 4 is 23.0 Å². The van der Waals surface area contributed by atoms with Gasteiger partial charge in [0, 0.05) is 25.6 Å². The Kier molecular flexibility index (Phi) is 4.37. The van der Waals surface area contributed by atoms with Crippen molar-refractivity contribution in [3.05, 3.63) is 60.0 Å². The predicted molar refractivity (Wildman–Crippen MR) is 88.6 cm³/mol. The fourth-order valence-electron chi connectivity index (χ4n) is 2.69. The third-order valence-electron chi connectivity index (χ3n) is 3.97. The van der Waals surface area contributed by atoms with Gasteiger partial charge in [0.1, 0.15) is 11.7 Å². The zero-order chi connectivity index (χ0) is 17.1. The molecule has 0 unspecified atom stereocenters. The van der Waals surface area contributed by atoms with Crippen molar-refractivity contribution in [2.45, 2.75) is 12.5 Å². The number of esters is 1. The molecule has 2 aromatic heterocycles. The Hall–Kier alpha value is -3.02. The van der Waals surface area contributed by atoms with Crippen molar-refractivity contribution in [2.75, 3.05) is 7.11 Å². The number of methoxy groups -OCH3 is 1. The van der Waals surface area contributed by atoms with Gasteiger partial charge in [0.25, 0.3) is 5.91 Å². The molecule has 3 rings (SSSR count). The molecule has 6 nitrogen and oxygen atoms in total. The molecule has 0 aliphatic carbocycles. The van der Waals surface area contributed by atoms with Gasteiger partial charge in [-0.3, -0.25) is 4.79 Å². The van der Waals surface area contributed by atoms with Gasteiger partial charge in [-0.1, -0.05) is 30.3 Å². The molecule has 0 saturated carbocycles.